The standard InChI is InChI=1S/C27H30N4O3S/c1-19-2-4-24-22(12-19)14-30(16-25(34-24)21-8-11-35-18-21)17-27(33)31(13-20-6-9-28-10-7-20)15-23-3-5-26(32)29-23/h2,4,6-12,18,23,25H,3,5,13-17H2,1H3,(H,29,32)/t23-,25-/m0/s1. The third-order valence-electron chi connectivity index (χ3n) is 6.58. The fraction of sp³-hybridized carbons (Fsp3) is 0.370. The maximum atomic E-state index is 13.7. The lowest BCUT2D eigenvalue weighted by atomic mass is 10.1. The van der Waals surface area contributed by atoms with Gasteiger partial charge in [0.15, 0.2) is 0 Å². The Bertz CT molecular complexity index is 1170. The number of carbonyl (C=O) groups is 2. The lowest BCUT2D eigenvalue weighted by Gasteiger charge is -2.29. The number of hydrogen-bond acceptors (Lipinski definition) is 6. The number of hydrogen-bond donors (Lipinski definition) is 1. The quantitative estimate of drug-likeness (QED) is 0.547. The molecule has 0 radical (unpaired) electrons. The molecule has 0 aliphatic carbocycles. The highest BCUT2D eigenvalue weighted by Crippen LogP contribution is 2.32. The summed E-state index contributed by atoms with van der Waals surface area (Å²) in [5.41, 5.74) is 4.42. The molecule has 2 aliphatic heterocycles. The summed E-state index contributed by atoms with van der Waals surface area (Å²) < 4.78 is 6.43. The Labute approximate surface area is 209 Å². The predicted molar refractivity (Wildman–Crippen MR) is 135 cm³/mol. The first kappa shape index (κ1) is 23.5. The van der Waals surface area contributed by atoms with Gasteiger partial charge in [-0.1, -0.05) is 17.7 Å². The lowest BCUT2D eigenvalue weighted by molar-refractivity contribution is -0.134. The molecule has 4 heterocycles. The molecule has 1 saturated heterocycles. The van der Waals surface area contributed by atoms with Crippen molar-refractivity contribution < 1.29 is 14.3 Å². The number of ether oxygens (including phenoxy) is 1. The molecule has 0 unspecified atom stereocenters. The topological polar surface area (TPSA) is 74.8 Å². The summed E-state index contributed by atoms with van der Waals surface area (Å²) in [5.74, 6) is 0.980. The SMILES string of the molecule is Cc1ccc2c(c1)CN(CC(=O)N(Cc1ccncc1)C[C@@H]1CCC(=O)N1)C[C@@H](c1ccsc1)O2. The largest absolute Gasteiger partial charge is 0.484 e. The van der Waals surface area contributed by atoms with Crippen molar-refractivity contribution in [2.75, 3.05) is 19.6 Å². The minimum Gasteiger partial charge on any atom is -0.484 e. The highest BCUT2D eigenvalue weighted by molar-refractivity contribution is 7.07. The summed E-state index contributed by atoms with van der Waals surface area (Å²) >= 11 is 1.65. The molecule has 2 amide bonds. The minimum atomic E-state index is -0.138. The van der Waals surface area contributed by atoms with E-state index in [-0.39, 0.29) is 30.5 Å². The van der Waals surface area contributed by atoms with E-state index >= 15 is 0 Å². The molecule has 182 valence electrons. The summed E-state index contributed by atoms with van der Waals surface area (Å²) in [4.78, 5) is 33.6. The maximum absolute atomic E-state index is 13.7. The Morgan fingerprint density at radius 2 is 2.11 bits per heavy atom. The zero-order valence-corrected chi connectivity index (χ0v) is 20.7. The number of rotatable bonds is 7. The first-order valence-corrected chi connectivity index (χ1v) is 12.9. The summed E-state index contributed by atoms with van der Waals surface area (Å²) in [5, 5.41) is 7.18. The number of pyridine rings is 1. The molecule has 0 saturated carbocycles. The van der Waals surface area contributed by atoms with Crippen molar-refractivity contribution in [3.8, 4) is 5.75 Å². The third kappa shape index (κ3) is 5.89. The Morgan fingerprint density at radius 1 is 1.26 bits per heavy atom. The summed E-state index contributed by atoms with van der Waals surface area (Å²) in [6, 6.07) is 12.2. The van der Waals surface area contributed by atoms with Gasteiger partial charge in [-0.3, -0.25) is 19.5 Å². The number of carbonyl (C=O) groups excluding carboxylic acids is 2. The van der Waals surface area contributed by atoms with Gasteiger partial charge in [0.05, 0.1) is 6.54 Å². The fourth-order valence-corrected chi connectivity index (χ4v) is 5.47. The lowest BCUT2D eigenvalue weighted by Crippen LogP contribution is -2.46. The highest BCUT2D eigenvalue weighted by atomic mass is 32.1. The minimum absolute atomic E-state index is 0.0114. The van der Waals surface area contributed by atoms with E-state index in [0.29, 0.717) is 32.6 Å². The molecular formula is C27H30N4O3S. The molecule has 5 rings (SSSR count). The van der Waals surface area contributed by atoms with Gasteiger partial charge in [-0.2, -0.15) is 11.3 Å². The number of aromatic nitrogens is 1. The molecule has 8 heteroatoms. The average Bonchev–Trinajstić information content (AvgIpc) is 3.49. The first-order valence-electron chi connectivity index (χ1n) is 12.0. The molecule has 0 spiro atoms. The first-order chi connectivity index (χ1) is 17.0. The number of nitrogens with zero attached hydrogens (tertiary/aromatic N) is 3. The summed E-state index contributed by atoms with van der Waals surface area (Å²) in [6.07, 6.45) is 4.62. The molecule has 2 aliphatic rings. The second-order valence-corrected chi connectivity index (χ2v) is 10.2. The molecule has 2 aromatic heterocycles. The van der Waals surface area contributed by atoms with Crippen LogP contribution < -0.4 is 10.1 Å². The molecule has 1 aromatic carbocycles. The van der Waals surface area contributed by atoms with Gasteiger partial charge < -0.3 is 15.0 Å². The van der Waals surface area contributed by atoms with Crippen LogP contribution in [0.4, 0.5) is 0 Å². The number of nitrogens with one attached hydrogen (secondary N) is 1. The Morgan fingerprint density at radius 3 is 2.86 bits per heavy atom. The number of thiophene rings is 1. The molecule has 2 atom stereocenters. The normalized spacial score (nSPS) is 20.0. The van der Waals surface area contributed by atoms with E-state index in [1.807, 2.05) is 23.1 Å². The highest BCUT2D eigenvalue weighted by Gasteiger charge is 2.29. The smallest absolute Gasteiger partial charge is 0.237 e. The molecule has 0 bridgehead atoms. The van der Waals surface area contributed by atoms with Crippen molar-refractivity contribution in [3.63, 3.8) is 0 Å². The van der Waals surface area contributed by atoms with Crippen LogP contribution in [0.5, 0.6) is 5.75 Å². The Balaban J connectivity index is 1.36. The van der Waals surface area contributed by atoms with Crippen molar-refractivity contribution in [3.05, 3.63) is 81.8 Å². The van der Waals surface area contributed by atoms with Gasteiger partial charge in [0, 0.05) is 62.2 Å². The predicted octanol–water partition coefficient (Wildman–Crippen LogP) is 3.69. The monoisotopic (exact) mass is 490 g/mol. The van der Waals surface area contributed by atoms with Crippen molar-refractivity contribution >= 4 is 23.2 Å². The van der Waals surface area contributed by atoms with Gasteiger partial charge in [0.25, 0.3) is 0 Å². The molecular weight excluding hydrogens is 460 g/mol. The van der Waals surface area contributed by atoms with Gasteiger partial charge in [-0.25, -0.2) is 0 Å². The van der Waals surface area contributed by atoms with E-state index in [9.17, 15) is 9.59 Å². The Kier molecular flexibility index (Phi) is 7.11. The summed E-state index contributed by atoms with van der Waals surface area (Å²) in [7, 11) is 0. The number of fused-ring (bicyclic) bond motifs is 1. The molecule has 1 fully saturated rings. The van der Waals surface area contributed by atoms with E-state index < -0.39 is 0 Å². The number of aryl methyl sites for hydroxylation is 1. The third-order valence-corrected chi connectivity index (χ3v) is 7.28. The van der Waals surface area contributed by atoms with Crippen molar-refractivity contribution in [2.45, 2.75) is 45.0 Å². The second-order valence-electron chi connectivity index (χ2n) is 9.38. The van der Waals surface area contributed by atoms with Gasteiger partial charge in [0.1, 0.15) is 11.9 Å². The van der Waals surface area contributed by atoms with E-state index in [0.717, 1.165) is 28.9 Å². The van der Waals surface area contributed by atoms with Gasteiger partial charge >= 0.3 is 0 Å². The number of benzene rings is 1. The molecule has 7 nitrogen and oxygen atoms in total. The van der Waals surface area contributed by atoms with Crippen LogP contribution in [-0.4, -0.2) is 52.3 Å². The van der Waals surface area contributed by atoms with Gasteiger partial charge in [-0.15, -0.1) is 0 Å². The van der Waals surface area contributed by atoms with Crippen LogP contribution >= 0.6 is 11.3 Å². The van der Waals surface area contributed by atoms with Crippen molar-refractivity contribution in [1.29, 1.82) is 0 Å². The van der Waals surface area contributed by atoms with Crippen LogP contribution in [0.3, 0.4) is 0 Å². The van der Waals surface area contributed by atoms with E-state index in [2.05, 4.69) is 51.1 Å². The molecule has 35 heavy (non-hydrogen) atoms. The number of amides is 2. The van der Waals surface area contributed by atoms with Crippen LogP contribution in [0, 0.1) is 6.92 Å². The van der Waals surface area contributed by atoms with Crippen molar-refractivity contribution in [2.24, 2.45) is 0 Å². The van der Waals surface area contributed by atoms with Crippen LogP contribution in [0.15, 0.2) is 59.6 Å². The van der Waals surface area contributed by atoms with Gasteiger partial charge in [0.2, 0.25) is 11.8 Å². The van der Waals surface area contributed by atoms with Crippen LogP contribution in [0.2, 0.25) is 0 Å². The average molecular weight is 491 g/mol. The summed E-state index contributed by atoms with van der Waals surface area (Å²) in [6.45, 7) is 4.61. The maximum Gasteiger partial charge on any atom is 0.237 e. The fourth-order valence-electron chi connectivity index (χ4n) is 4.76. The Hall–Kier alpha value is -3.23. The second kappa shape index (κ2) is 10.6. The zero-order chi connectivity index (χ0) is 24.2. The van der Waals surface area contributed by atoms with Gasteiger partial charge in [-0.05, 0) is 53.9 Å². The van der Waals surface area contributed by atoms with Crippen LogP contribution in [-0.2, 0) is 22.7 Å². The van der Waals surface area contributed by atoms with E-state index in [1.165, 1.54) is 5.56 Å². The van der Waals surface area contributed by atoms with Crippen molar-refractivity contribution in [1.82, 2.24) is 20.1 Å². The van der Waals surface area contributed by atoms with E-state index in [4.69, 9.17) is 4.74 Å². The van der Waals surface area contributed by atoms with Crippen LogP contribution in [0.25, 0.3) is 0 Å². The molecule has 1 N–H and O–H groups in total. The van der Waals surface area contributed by atoms with E-state index in [1.54, 1.807) is 23.7 Å². The zero-order valence-electron chi connectivity index (χ0n) is 19.9. The van der Waals surface area contributed by atoms with Crippen LogP contribution in [0.1, 0.15) is 41.2 Å². The molecule has 3 aromatic rings.